The van der Waals surface area contributed by atoms with Gasteiger partial charge in [-0.3, -0.25) is 9.59 Å². The lowest BCUT2D eigenvalue weighted by Crippen LogP contribution is -2.30. The Balaban J connectivity index is 1.42. The number of hydrogen-bond donors (Lipinski definition) is 2. The summed E-state index contributed by atoms with van der Waals surface area (Å²) >= 11 is 0. The highest BCUT2D eigenvalue weighted by Crippen LogP contribution is 2.33. The summed E-state index contributed by atoms with van der Waals surface area (Å²) in [5.74, 6) is -2.03. The normalized spacial score (nSPS) is 13.4. The molecule has 8 nitrogen and oxygen atoms in total. The fourth-order valence-electron chi connectivity index (χ4n) is 4.09. The summed E-state index contributed by atoms with van der Waals surface area (Å²) in [6.07, 6.45) is 1.91. The van der Waals surface area contributed by atoms with Crippen LogP contribution in [0.1, 0.15) is 58.8 Å². The number of aliphatic hydroxyl groups is 1. The zero-order valence-corrected chi connectivity index (χ0v) is 21.6. The molecular formula is C29H26F2N4O4. The van der Waals surface area contributed by atoms with Gasteiger partial charge in [0.15, 0.2) is 11.6 Å². The highest BCUT2D eigenvalue weighted by molar-refractivity contribution is 6.03. The average Bonchev–Trinajstić information content (AvgIpc) is 3.70. The number of nitrogens with zero attached hydrogens (tertiary/aromatic N) is 3. The molecule has 39 heavy (non-hydrogen) atoms. The van der Waals surface area contributed by atoms with Gasteiger partial charge in [-0.25, -0.2) is 13.8 Å². The van der Waals surface area contributed by atoms with Crippen LogP contribution in [0.25, 0.3) is 22.2 Å². The molecule has 0 saturated heterocycles. The molecule has 4 aromatic rings. The van der Waals surface area contributed by atoms with E-state index in [1.54, 1.807) is 25.1 Å². The van der Waals surface area contributed by atoms with Gasteiger partial charge < -0.3 is 15.2 Å². The Morgan fingerprint density at radius 1 is 1.08 bits per heavy atom. The first-order valence-electron chi connectivity index (χ1n) is 12.4. The third kappa shape index (κ3) is 5.75. The van der Waals surface area contributed by atoms with Crippen LogP contribution in [0.2, 0.25) is 0 Å². The van der Waals surface area contributed by atoms with E-state index in [2.05, 4.69) is 20.5 Å². The van der Waals surface area contributed by atoms with Crippen molar-refractivity contribution in [3.63, 3.8) is 0 Å². The predicted molar refractivity (Wildman–Crippen MR) is 139 cm³/mol. The van der Waals surface area contributed by atoms with Crippen LogP contribution in [0.5, 0.6) is 5.75 Å². The van der Waals surface area contributed by atoms with Gasteiger partial charge >= 0.3 is 0 Å². The molecule has 1 aliphatic rings. The molecule has 5 rings (SSSR count). The number of halogens is 2. The van der Waals surface area contributed by atoms with Crippen LogP contribution in [0.4, 0.5) is 8.78 Å². The number of nitrogens with one attached hydrogen (secondary N) is 1. The van der Waals surface area contributed by atoms with Gasteiger partial charge in [-0.2, -0.15) is 5.10 Å². The average molecular weight is 533 g/mol. The Labute approximate surface area is 223 Å². The van der Waals surface area contributed by atoms with Gasteiger partial charge in [0, 0.05) is 22.1 Å². The molecule has 200 valence electrons. The van der Waals surface area contributed by atoms with Gasteiger partial charge in [-0.15, -0.1) is 5.10 Å². The fourth-order valence-corrected chi connectivity index (χ4v) is 4.09. The molecule has 0 unspecified atom stereocenters. The van der Waals surface area contributed by atoms with Gasteiger partial charge in [-0.1, -0.05) is 0 Å². The Bertz CT molecular complexity index is 1600. The Hall–Kier alpha value is -4.31. The molecule has 0 radical (unpaired) electrons. The molecule has 2 aromatic carbocycles. The van der Waals surface area contributed by atoms with Gasteiger partial charge in [0.1, 0.15) is 28.5 Å². The van der Waals surface area contributed by atoms with E-state index in [1.807, 2.05) is 0 Å². The first kappa shape index (κ1) is 26.3. The summed E-state index contributed by atoms with van der Waals surface area (Å²) in [4.78, 5) is 30.3. The van der Waals surface area contributed by atoms with E-state index in [4.69, 9.17) is 4.74 Å². The van der Waals surface area contributed by atoms with Crippen LogP contribution in [0.15, 0.2) is 48.5 Å². The lowest BCUT2D eigenvalue weighted by molar-refractivity contribution is 0.0742. The first-order valence-corrected chi connectivity index (χ1v) is 12.4. The number of rotatable bonds is 8. The number of hydrogen-bond acceptors (Lipinski definition) is 7. The number of aryl methyl sites for hydroxylation is 1. The monoisotopic (exact) mass is 532 g/mol. The molecule has 0 bridgehead atoms. The molecule has 1 aliphatic carbocycles. The van der Waals surface area contributed by atoms with E-state index in [-0.39, 0.29) is 34.2 Å². The standard InChI is InChI=1S/C29H26F2N4O4/c1-15-10-17-11-18(12-24(26(17)35-34-15)39-20-8-9-20)28(37)32-14-23(36)22-13-21(29(2,3)38)25(31)27(33-22)16-4-6-19(30)7-5-16/h4-7,10-13,20,38H,8-9,14H2,1-3H3,(H,32,37). The SMILES string of the molecule is Cc1cc2cc(C(=O)NCC(=O)c3cc(C(C)(C)O)c(F)c(-c4ccc(F)cc4)n3)cc(OC3CC3)c2nn1. The fraction of sp³-hybridized carbons (Fsp3) is 0.276. The number of pyridine rings is 1. The number of amides is 1. The number of ketones is 1. The zero-order chi connectivity index (χ0) is 27.9. The summed E-state index contributed by atoms with van der Waals surface area (Å²) in [7, 11) is 0. The predicted octanol–water partition coefficient (Wildman–Crippen LogP) is 4.66. The van der Waals surface area contributed by atoms with Crippen LogP contribution >= 0.6 is 0 Å². The van der Waals surface area contributed by atoms with Crippen LogP contribution < -0.4 is 10.1 Å². The Kier molecular flexibility index (Phi) is 6.82. The van der Waals surface area contributed by atoms with E-state index < -0.39 is 35.5 Å². The quantitative estimate of drug-likeness (QED) is 0.317. The number of benzene rings is 2. The lowest BCUT2D eigenvalue weighted by Gasteiger charge is -2.21. The third-order valence-corrected chi connectivity index (χ3v) is 6.29. The highest BCUT2D eigenvalue weighted by Gasteiger charge is 2.28. The number of carbonyl (C=O) groups excluding carboxylic acids is 2. The van der Waals surface area contributed by atoms with Gasteiger partial charge in [-0.05, 0) is 82.1 Å². The molecule has 0 spiro atoms. The number of carbonyl (C=O) groups is 2. The molecule has 2 aromatic heterocycles. The molecule has 10 heteroatoms. The maximum absolute atomic E-state index is 15.3. The van der Waals surface area contributed by atoms with Crippen LogP contribution in [0.3, 0.4) is 0 Å². The van der Waals surface area contributed by atoms with Crippen LogP contribution in [0, 0.1) is 18.6 Å². The second-order valence-electron chi connectivity index (χ2n) is 10.1. The van der Waals surface area contributed by atoms with Gasteiger partial charge in [0.05, 0.1) is 23.9 Å². The maximum Gasteiger partial charge on any atom is 0.251 e. The van der Waals surface area contributed by atoms with Crippen molar-refractivity contribution in [2.75, 3.05) is 6.54 Å². The molecule has 0 aliphatic heterocycles. The number of ether oxygens (including phenoxy) is 1. The number of Topliss-reactive ketones (excluding diaryl/α,β-unsaturated/α-hetero) is 1. The topological polar surface area (TPSA) is 114 Å². The molecule has 1 fully saturated rings. The number of aromatic nitrogens is 3. The summed E-state index contributed by atoms with van der Waals surface area (Å²) in [6.45, 7) is 4.11. The Morgan fingerprint density at radius 2 is 1.79 bits per heavy atom. The van der Waals surface area contributed by atoms with Crippen molar-refractivity contribution in [2.45, 2.75) is 45.3 Å². The Morgan fingerprint density at radius 3 is 2.46 bits per heavy atom. The van der Waals surface area contributed by atoms with E-state index in [0.29, 0.717) is 22.3 Å². The van der Waals surface area contributed by atoms with Crippen LogP contribution in [-0.2, 0) is 5.60 Å². The molecule has 1 saturated carbocycles. The molecular weight excluding hydrogens is 506 g/mol. The van der Waals surface area contributed by atoms with Crippen molar-refractivity contribution in [2.24, 2.45) is 0 Å². The van der Waals surface area contributed by atoms with Gasteiger partial charge in [0.2, 0.25) is 0 Å². The van der Waals surface area contributed by atoms with E-state index in [1.165, 1.54) is 26.0 Å². The van der Waals surface area contributed by atoms with Gasteiger partial charge in [0.25, 0.3) is 5.91 Å². The van der Waals surface area contributed by atoms with E-state index >= 15 is 4.39 Å². The maximum atomic E-state index is 15.3. The van der Waals surface area contributed by atoms with E-state index in [9.17, 15) is 19.1 Å². The van der Waals surface area contributed by atoms with Crippen molar-refractivity contribution in [3.8, 4) is 17.0 Å². The molecule has 0 atom stereocenters. The molecule has 2 heterocycles. The molecule has 1 amide bonds. The molecule has 2 N–H and O–H groups in total. The summed E-state index contributed by atoms with van der Waals surface area (Å²) < 4.78 is 34.7. The summed E-state index contributed by atoms with van der Waals surface area (Å²) in [5.41, 5.74) is -0.431. The van der Waals surface area contributed by atoms with Crippen molar-refractivity contribution >= 4 is 22.6 Å². The zero-order valence-electron chi connectivity index (χ0n) is 21.6. The highest BCUT2D eigenvalue weighted by atomic mass is 19.1. The second kappa shape index (κ2) is 10.1. The second-order valence-corrected chi connectivity index (χ2v) is 10.1. The third-order valence-electron chi connectivity index (χ3n) is 6.29. The van der Waals surface area contributed by atoms with Crippen molar-refractivity contribution in [1.82, 2.24) is 20.5 Å². The van der Waals surface area contributed by atoms with E-state index in [0.717, 1.165) is 31.0 Å². The van der Waals surface area contributed by atoms with Crippen LogP contribution in [-0.4, -0.2) is 44.6 Å². The first-order chi connectivity index (χ1) is 18.5. The smallest absolute Gasteiger partial charge is 0.251 e. The minimum Gasteiger partial charge on any atom is -0.488 e. The minimum absolute atomic E-state index is 0.0704. The summed E-state index contributed by atoms with van der Waals surface area (Å²) in [6, 6.07) is 11.1. The lowest BCUT2D eigenvalue weighted by atomic mass is 9.94. The summed E-state index contributed by atoms with van der Waals surface area (Å²) in [5, 5.41) is 22.1. The number of fused-ring (bicyclic) bond motifs is 1. The largest absolute Gasteiger partial charge is 0.488 e. The van der Waals surface area contributed by atoms with Crippen molar-refractivity contribution < 1.29 is 28.2 Å². The van der Waals surface area contributed by atoms with Crippen molar-refractivity contribution in [1.29, 1.82) is 0 Å². The van der Waals surface area contributed by atoms with Crippen molar-refractivity contribution in [3.05, 3.63) is 82.7 Å². The minimum atomic E-state index is -1.63.